The number of morpholine rings is 1. The summed E-state index contributed by atoms with van der Waals surface area (Å²) in [7, 11) is 0. The molecule has 1 N–H and O–H groups in total. The summed E-state index contributed by atoms with van der Waals surface area (Å²) in [5.74, 6) is -4.94. The van der Waals surface area contributed by atoms with Crippen LogP contribution in [0.25, 0.3) is 0 Å². The highest BCUT2D eigenvalue weighted by Crippen LogP contribution is 2.27. The topological polar surface area (TPSA) is 73.8 Å². The van der Waals surface area contributed by atoms with Gasteiger partial charge in [0.15, 0.2) is 11.6 Å². The van der Waals surface area contributed by atoms with Gasteiger partial charge in [0.1, 0.15) is 0 Å². The second-order valence-electron chi connectivity index (χ2n) is 7.62. The predicted molar refractivity (Wildman–Crippen MR) is 119 cm³/mol. The molecule has 0 atom stereocenters. The van der Waals surface area contributed by atoms with Gasteiger partial charge in [0.05, 0.1) is 13.2 Å². The molecule has 180 valence electrons. The molecule has 0 aliphatic carbocycles. The number of nitrogens with zero attached hydrogens (tertiary/aromatic N) is 5. The van der Waals surface area contributed by atoms with Crippen LogP contribution in [-0.2, 0) is 4.74 Å². The van der Waals surface area contributed by atoms with Crippen molar-refractivity contribution in [3.05, 3.63) is 47.5 Å². The van der Waals surface area contributed by atoms with E-state index in [1.54, 1.807) is 17.0 Å². The summed E-state index contributed by atoms with van der Waals surface area (Å²) in [6.45, 7) is 4.86. The van der Waals surface area contributed by atoms with E-state index in [0.29, 0.717) is 45.0 Å². The maximum Gasteiger partial charge on any atom is 0.254 e. The first-order chi connectivity index (χ1) is 15.5. The molecule has 2 aromatic heterocycles. The lowest BCUT2D eigenvalue weighted by atomic mass is 10.2. The molecule has 2 fully saturated rings. The number of anilines is 2. The van der Waals surface area contributed by atoms with Crippen LogP contribution < -0.4 is 10.2 Å². The largest absolute Gasteiger partial charge is 0.379 e. The molecule has 0 unspecified atom stereocenters. The first-order valence-electron chi connectivity index (χ1n) is 10.6. The zero-order valence-corrected chi connectivity index (χ0v) is 18.8. The Balaban J connectivity index is 0.00000306. The van der Waals surface area contributed by atoms with Crippen LogP contribution in [0.5, 0.6) is 0 Å². The zero-order valence-electron chi connectivity index (χ0n) is 18.0. The molecule has 0 bridgehead atoms. The SMILES string of the molecule is Cl.O=C(c1ccncc1)N1CCN(c2nc(NCCN3CCOCC3)c(F)c(F)c2F)CC1. The highest BCUT2D eigenvalue weighted by molar-refractivity contribution is 5.94. The van der Waals surface area contributed by atoms with Gasteiger partial charge in [-0.1, -0.05) is 0 Å². The van der Waals surface area contributed by atoms with E-state index in [1.165, 1.54) is 17.3 Å². The number of hydrogen-bond donors (Lipinski definition) is 1. The number of halogens is 4. The van der Waals surface area contributed by atoms with E-state index in [4.69, 9.17) is 4.74 Å². The van der Waals surface area contributed by atoms with E-state index in [2.05, 4.69) is 20.2 Å². The second kappa shape index (κ2) is 11.5. The zero-order chi connectivity index (χ0) is 22.5. The van der Waals surface area contributed by atoms with Gasteiger partial charge in [-0.05, 0) is 12.1 Å². The molecule has 1 amide bonds. The van der Waals surface area contributed by atoms with Gasteiger partial charge in [0.25, 0.3) is 5.91 Å². The number of pyridine rings is 2. The van der Waals surface area contributed by atoms with E-state index >= 15 is 0 Å². The lowest BCUT2D eigenvalue weighted by Gasteiger charge is -2.35. The van der Waals surface area contributed by atoms with Crippen molar-refractivity contribution in [3.63, 3.8) is 0 Å². The van der Waals surface area contributed by atoms with Crippen LogP contribution in [0.15, 0.2) is 24.5 Å². The van der Waals surface area contributed by atoms with Gasteiger partial charge < -0.3 is 19.9 Å². The molecule has 2 aliphatic heterocycles. The Morgan fingerprint density at radius 3 is 2.30 bits per heavy atom. The van der Waals surface area contributed by atoms with Crippen LogP contribution in [0.4, 0.5) is 24.8 Å². The minimum atomic E-state index is -1.56. The first kappa shape index (κ1) is 25.0. The fourth-order valence-corrected chi connectivity index (χ4v) is 3.78. The number of aromatic nitrogens is 2. The van der Waals surface area contributed by atoms with Gasteiger partial charge in [0, 0.05) is 70.3 Å². The predicted octanol–water partition coefficient (Wildman–Crippen LogP) is 2.02. The average Bonchev–Trinajstić information content (AvgIpc) is 2.85. The summed E-state index contributed by atoms with van der Waals surface area (Å²) in [5, 5.41) is 2.78. The summed E-state index contributed by atoms with van der Waals surface area (Å²) in [4.78, 5) is 25.8. The van der Waals surface area contributed by atoms with Gasteiger partial charge in [0.2, 0.25) is 17.5 Å². The van der Waals surface area contributed by atoms with E-state index < -0.39 is 17.5 Å². The number of amides is 1. The number of ether oxygens (including phenoxy) is 1. The number of hydrogen-bond acceptors (Lipinski definition) is 7. The van der Waals surface area contributed by atoms with Crippen molar-refractivity contribution >= 4 is 29.9 Å². The lowest BCUT2D eigenvalue weighted by Crippen LogP contribution is -2.49. The molecule has 2 aromatic rings. The van der Waals surface area contributed by atoms with Gasteiger partial charge in [-0.25, -0.2) is 9.37 Å². The van der Waals surface area contributed by atoms with Gasteiger partial charge in [-0.2, -0.15) is 8.78 Å². The number of piperazine rings is 1. The lowest BCUT2D eigenvalue weighted by molar-refractivity contribution is 0.0398. The Morgan fingerprint density at radius 2 is 1.64 bits per heavy atom. The first-order valence-corrected chi connectivity index (χ1v) is 10.6. The molecule has 12 heteroatoms. The van der Waals surface area contributed by atoms with Crippen LogP contribution in [0.1, 0.15) is 10.4 Å². The smallest absolute Gasteiger partial charge is 0.254 e. The Labute approximate surface area is 196 Å². The van der Waals surface area contributed by atoms with Crippen molar-refractivity contribution in [2.24, 2.45) is 0 Å². The van der Waals surface area contributed by atoms with Crippen LogP contribution in [0.2, 0.25) is 0 Å². The molecule has 4 heterocycles. The van der Waals surface area contributed by atoms with Gasteiger partial charge in [-0.3, -0.25) is 14.7 Å². The molecule has 0 saturated carbocycles. The van der Waals surface area contributed by atoms with Crippen LogP contribution in [0, 0.1) is 17.5 Å². The van der Waals surface area contributed by atoms with E-state index in [9.17, 15) is 18.0 Å². The molecule has 8 nitrogen and oxygen atoms in total. The Kier molecular flexibility index (Phi) is 8.70. The third-order valence-electron chi connectivity index (χ3n) is 5.63. The number of rotatable bonds is 6. The molecule has 2 aliphatic rings. The van der Waals surface area contributed by atoms with Crippen molar-refractivity contribution in [2.75, 3.05) is 75.8 Å². The minimum absolute atomic E-state index is 0. The third-order valence-corrected chi connectivity index (χ3v) is 5.63. The van der Waals surface area contributed by atoms with Crippen LogP contribution in [0.3, 0.4) is 0 Å². The third kappa shape index (κ3) is 5.84. The summed E-state index contributed by atoms with van der Waals surface area (Å²) in [5.41, 5.74) is 0.511. The summed E-state index contributed by atoms with van der Waals surface area (Å²) < 4.78 is 48.3. The van der Waals surface area contributed by atoms with Crippen molar-refractivity contribution in [3.8, 4) is 0 Å². The highest BCUT2D eigenvalue weighted by atomic mass is 35.5. The van der Waals surface area contributed by atoms with E-state index in [0.717, 1.165) is 13.1 Å². The molecule has 0 aromatic carbocycles. The van der Waals surface area contributed by atoms with E-state index in [1.807, 2.05) is 0 Å². The van der Waals surface area contributed by atoms with Crippen molar-refractivity contribution in [1.82, 2.24) is 19.8 Å². The Morgan fingerprint density at radius 1 is 0.970 bits per heavy atom. The van der Waals surface area contributed by atoms with Crippen molar-refractivity contribution in [2.45, 2.75) is 0 Å². The molecular weight excluding hydrogens is 461 g/mol. The Bertz CT molecular complexity index is 941. The summed E-state index contributed by atoms with van der Waals surface area (Å²) in [6, 6.07) is 3.25. The average molecular weight is 487 g/mol. The summed E-state index contributed by atoms with van der Waals surface area (Å²) in [6.07, 6.45) is 3.08. The summed E-state index contributed by atoms with van der Waals surface area (Å²) >= 11 is 0. The molecule has 0 spiro atoms. The van der Waals surface area contributed by atoms with Crippen molar-refractivity contribution < 1.29 is 22.7 Å². The van der Waals surface area contributed by atoms with Crippen molar-refractivity contribution in [1.29, 1.82) is 0 Å². The van der Waals surface area contributed by atoms with Gasteiger partial charge >= 0.3 is 0 Å². The maximum absolute atomic E-state index is 14.5. The van der Waals surface area contributed by atoms with E-state index in [-0.39, 0.29) is 43.0 Å². The number of carbonyl (C=O) groups is 1. The quantitative estimate of drug-likeness (QED) is 0.669. The Hall–Kier alpha value is -2.63. The second-order valence-corrected chi connectivity index (χ2v) is 7.62. The maximum atomic E-state index is 14.5. The molecular formula is C21H26ClF3N6O2. The highest BCUT2D eigenvalue weighted by Gasteiger charge is 2.28. The monoisotopic (exact) mass is 486 g/mol. The molecule has 0 radical (unpaired) electrons. The number of nitrogens with one attached hydrogen (secondary N) is 1. The standard InChI is InChI=1S/C21H25F3N6O2.ClH/c22-16-17(23)19(26-5-6-28-11-13-32-14-12-28)27-20(18(16)24)29-7-9-30(10-8-29)21(31)15-1-3-25-4-2-15;/h1-4H,5-14H2,(H,26,27);1H. The van der Waals surface area contributed by atoms with Crippen LogP contribution in [-0.4, -0.2) is 91.2 Å². The molecule has 2 saturated heterocycles. The molecule has 33 heavy (non-hydrogen) atoms. The fraction of sp³-hybridized carbons (Fsp3) is 0.476. The fourth-order valence-electron chi connectivity index (χ4n) is 3.78. The normalized spacial score (nSPS) is 16.9. The minimum Gasteiger partial charge on any atom is -0.379 e. The van der Waals surface area contributed by atoms with Crippen LogP contribution >= 0.6 is 12.4 Å². The number of carbonyl (C=O) groups excluding carboxylic acids is 1. The van der Waals surface area contributed by atoms with Gasteiger partial charge in [-0.15, -0.1) is 12.4 Å². The molecule has 4 rings (SSSR count).